The highest BCUT2D eigenvalue weighted by Crippen LogP contribution is 2.23. The minimum absolute atomic E-state index is 0.693. The second kappa shape index (κ2) is 5.16. The van der Waals surface area contributed by atoms with Gasteiger partial charge in [-0.25, -0.2) is 0 Å². The van der Waals surface area contributed by atoms with Gasteiger partial charge in [-0.05, 0) is 54.2 Å². The Labute approximate surface area is 113 Å². The minimum Gasteiger partial charge on any atom is -0.381 e. The summed E-state index contributed by atoms with van der Waals surface area (Å²) in [4.78, 5) is 0. The molecule has 0 saturated carbocycles. The van der Waals surface area contributed by atoms with Gasteiger partial charge >= 0.3 is 0 Å². The van der Waals surface area contributed by atoms with E-state index in [0.717, 1.165) is 12.2 Å². The lowest BCUT2D eigenvalue weighted by Crippen LogP contribution is -2.00. The average Bonchev–Trinajstić information content (AvgIpc) is 2.93. The zero-order valence-corrected chi connectivity index (χ0v) is 10.8. The van der Waals surface area contributed by atoms with Gasteiger partial charge in [-0.2, -0.15) is 5.26 Å². The maximum absolute atomic E-state index is 8.88. The molecular formula is C17H16N2. The molecule has 1 aliphatic carbocycles. The molecule has 0 spiro atoms. The number of aryl methyl sites for hydroxylation is 2. The zero-order chi connectivity index (χ0) is 13.1. The fourth-order valence-electron chi connectivity index (χ4n) is 2.64. The second-order valence-electron chi connectivity index (χ2n) is 5.00. The van der Waals surface area contributed by atoms with E-state index in [4.69, 9.17) is 5.26 Å². The molecule has 0 amide bonds. The number of anilines is 1. The number of fused-ring (bicyclic) bond motifs is 1. The lowest BCUT2D eigenvalue weighted by atomic mass is 10.1. The fraction of sp³-hybridized carbons (Fsp3) is 0.235. The summed E-state index contributed by atoms with van der Waals surface area (Å²) >= 11 is 0. The fourth-order valence-corrected chi connectivity index (χ4v) is 2.64. The Morgan fingerprint density at radius 2 is 1.95 bits per heavy atom. The van der Waals surface area contributed by atoms with Crippen LogP contribution >= 0.6 is 0 Å². The van der Waals surface area contributed by atoms with E-state index in [1.54, 1.807) is 0 Å². The third-order valence-corrected chi connectivity index (χ3v) is 3.65. The van der Waals surface area contributed by atoms with E-state index >= 15 is 0 Å². The highest BCUT2D eigenvalue weighted by Gasteiger charge is 2.10. The highest BCUT2D eigenvalue weighted by molar-refractivity contribution is 5.49. The van der Waals surface area contributed by atoms with Crippen LogP contribution in [-0.2, 0) is 19.4 Å². The smallest absolute Gasteiger partial charge is 0.0992 e. The molecule has 2 aromatic rings. The van der Waals surface area contributed by atoms with Gasteiger partial charge in [0.05, 0.1) is 11.6 Å². The molecule has 1 aliphatic rings. The van der Waals surface area contributed by atoms with Gasteiger partial charge in [0.15, 0.2) is 0 Å². The predicted octanol–water partition coefficient (Wildman–Crippen LogP) is 3.66. The molecule has 0 saturated heterocycles. The van der Waals surface area contributed by atoms with Crippen LogP contribution < -0.4 is 5.32 Å². The van der Waals surface area contributed by atoms with Gasteiger partial charge in [-0.15, -0.1) is 0 Å². The summed E-state index contributed by atoms with van der Waals surface area (Å²) in [5, 5.41) is 12.3. The zero-order valence-electron chi connectivity index (χ0n) is 10.8. The monoisotopic (exact) mass is 248 g/mol. The summed E-state index contributed by atoms with van der Waals surface area (Å²) in [5.41, 5.74) is 6.02. The Morgan fingerprint density at radius 3 is 2.84 bits per heavy atom. The van der Waals surface area contributed by atoms with E-state index in [1.807, 2.05) is 24.3 Å². The summed E-state index contributed by atoms with van der Waals surface area (Å²) in [6.07, 6.45) is 3.73. The van der Waals surface area contributed by atoms with Crippen molar-refractivity contribution in [2.24, 2.45) is 0 Å². The number of hydrogen-bond acceptors (Lipinski definition) is 2. The van der Waals surface area contributed by atoms with E-state index in [1.165, 1.54) is 36.0 Å². The first-order valence-corrected chi connectivity index (χ1v) is 6.70. The Kier molecular flexibility index (Phi) is 3.20. The number of nitrogens with one attached hydrogen (secondary N) is 1. The number of rotatable bonds is 3. The normalized spacial score (nSPS) is 12.8. The van der Waals surface area contributed by atoms with Crippen molar-refractivity contribution in [2.75, 3.05) is 5.32 Å². The van der Waals surface area contributed by atoms with Gasteiger partial charge in [0.2, 0.25) is 0 Å². The van der Waals surface area contributed by atoms with Crippen LogP contribution in [0, 0.1) is 11.3 Å². The molecule has 0 heterocycles. The van der Waals surface area contributed by atoms with E-state index in [0.29, 0.717) is 5.56 Å². The van der Waals surface area contributed by atoms with Crippen molar-refractivity contribution in [3.8, 4) is 6.07 Å². The second-order valence-corrected chi connectivity index (χ2v) is 5.00. The van der Waals surface area contributed by atoms with Crippen molar-refractivity contribution in [1.82, 2.24) is 0 Å². The first kappa shape index (κ1) is 11.8. The van der Waals surface area contributed by atoms with Crippen molar-refractivity contribution in [2.45, 2.75) is 25.8 Å². The highest BCUT2D eigenvalue weighted by atomic mass is 14.9. The molecule has 0 radical (unpaired) electrons. The summed E-state index contributed by atoms with van der Waals surface area (Å²) in [6, 6.07) is 16.5. The third kappa shape index (κ3) is 2.61. The maximum Gasteiger partial charge on any atom is 0.0992 e. The summed E-state index contributed by atoms with van der Waals surface area (Å²) in [5.74, 6) is 0. The SMILES string of the molecule is N#Cc1cccc(NCc2ccc3c(c2)CCC3)c1. The Balaban J connectivity index is 1.70. The van der Waals surface area contributed by atoms with E-state index in [-0.39, 0.29) is 0 Å². The predicted molar refractivity (Wildman–Crippen MR) is 77.0 cm³/mol. The van der Waals surface area contributed by atoms with Crippen LogP contribution in [0.5, 0.6) is 0 Å². The van der Waals surface area contributed by atoms with Gasteiger partial charge < -0.3 is 5.32 Å². The molecule has 3 rings (SSSR count). The van der Waals surface area contributed by atoms with Gasteiger partial charge in [-0.3, -0.25) is 0 Å². The van der Waals surface area contributed by atoms with Crippen molar-refractivity contribution >= 4 is 5.69 Å². The molecule has 0 atom stereocenters. The molecule has 0 bridgehead atoms. The van der Waals surface area contributed by atoms with Gasteiger partial charge in [0, 0.05) is 12.2 Å². The van der Waals surface area contributed by atoms with Crippen LogP contribution in [0.4, 0.5) is 5.69 Å². The molecule has 0 aliphatic heterocycles. The maximum atomic E-state index is 8.88. The third-order valence-electron chi connectivity index (χ3n) is 3.65. The molecule has 1 N–H and O–H groups in total. The van der Waals surface area contributed by atoms with Crippen LogP contribution in [0.1, 0.15) is 28.7 Å². The molecule has 2 heteroatoms. The van der Waals surface area contributed by atoms with Crippen molar-refractivity contribution in [3.05, 3.63) is 64.7 Å². The lowest BCUT2D eigenvalue weighted by molar-refractivity contribution is 0.911. The van der Waals surface area contributed by atoms with E-state index in [2.05, 4.69) is 29.6 Å². The molecule has 2 nitrogen and oxygen atoms in total. The molecule has 19 heavy (non-hydrogen) atoms. The Morgan fingerprint density at radius 1 is 1.05 bits per heavy atom. The first-order chi connectivity index (χ1) is 9.35. The van der Waals surface area contributed by atoms with Gasteiger partial charge in [-0.1, -0.05) is 24.3 Å². The molecule has 94 valence electrons. The molecule has 0 unspecified atom stereocenters. The summed E-state index contributed by atoms with van der Waals surface area (Å²) in [7, 11) is 0. The van der Waals surface area contributed by atoms with Crippen LogP contribution in [0.2, 0.25) is 0 Å². The van der Waals surface area contributed by atoms with Crippen LogP contribution in [0.15, 0.2) is 42.5 Å². The lowest BCUT2D eigenvalue weighted by Gasteiger charge is -2.08. The first-order valence-electron chi connectivity index (χ1n) is 6.70. The van der Waals surface area contributed by atoms with Crippen LogP contribution in [0.25, 0.3) is 0 Å². The summed E-state index contributed by atoms with van der Waals surface area (Å²) < 4.78 is 0. The summed E-state index contributed by atoms with van der Waals surface area (Å²) in [6.45, 7) is 0.808. The number of benzene rings is 2. The Bertz CT molecular complexity index is 638. The van der Waals surface area contributed by atoms with E-state index in [9.17, 15) is 0 Å². The molecular weight excluding hydrogens is 232 g/mol. The topological polar surface area (TPSA) is 35.8 Å². The van der Waals surface area contributed by atoms with Crippen molar-refractivity contribution in [1.29, 1.82) is 5.26 Å². The average molecular weight is 248 g/mol. The van der Waals surface area contributed by atoms with Crippen molar-refractivity contribution < 1.29 is 0 Å². The Hall–Kier alpha value is -2.27. The minimum atomic E-state index is 0.693. The molecule has 0 aromatic heterocycles. The number of nitrogens with zero attached hydrogens (tertiary/aromatic N) is 1. The van der Waals surface area contributed by atoms with Crippen LogP contribution in [0.3, 0.4) is 0 Å². The number of hydrogen-bond donors (Lipinski definition) is 1. The largest absolute Gasteiger partial charge is 0.381 e. The molecule has 2 aromatic carbocycles. The van der Waals surface area contributed by atoms with Gasteiger partial charge in [0.25, 0.3) is 0 Å². The van der Waals surface area contributed by atoms with Crippen LogP contribution in [-0.4, -0.2) is 0 Å². The number of nitriles is 1. The van der Waals surface area contributed by atoms with E-state index < -0.39 is 0 Å². The molecule has 0 fully saturated rings. The standard InChI is InChI=1S/C17H16N2/c18-11-13-3-1-6-17(10-13)19-12-14-7-8-15-4-2-5-16(15)9-14/h1,3,6-10,19H,2,4-5,12H2. The quantitative estimate of drug-likeness (QED) is 0.899. The van der Waals surface area contributed by atoms with Gasteiger partial charge in [0.1, 0.15) is 0 Å². The van der Waals surface area contributed by atoms with Crippen molar-refractivity contribution in [3.63, 3.8) is 0 Å².